The van der Waals surface area contributed by atoms with Gasteiger partial charge < -0.3 is 25.0 Å². The van der Waals surface area contributed by atoms with E-state index in [2.05, 4.69) is 17.7 Å². The first-order chi connectivity index (χ1) is 12.1. The number of methoxy groups -OCH3 is 2. The Balaban J connectivity index is 1.72. The van der Waals surface area contributed by atoms with Gasteiger partial charge in [-0.3, -0.25) is 4.79 Å². The van der Waals surface area contributed by atoms with Gasteiger partial charge in [0.2, 0.25) is 0 Å². The van der Waals surface area contributed by atoms with E-state index in [9.17, 15) is 4.79 Å². The molecule has 2 aliphatic heterocycles. The lowest BCUT2D eigenvalue weighted by molar-refractivity contribution is -0.895. The van der Waals surface area contributed by atoms with E-state index < -0.39 is 0 Å². The minimum Gasteiger partial charge on any atom is -0.497 e. The highest BCUT2D eigenvalue weighted by molar-refractivity contribution is 7.16. The summed E-state index contributed by atoms with van der Waals surface area (Å²) in [5, 5.41) is 7.52. The lowest BCUT2D eigenvalue weighted by Crippen LogP contribution is -3.08. The van der Waals surface area contributed by atoms with Gasteiger partial charge in [-0.05, 0) is 23.8 Å². The highest BCUT2D eigenvalue weighted by atomic mass is 32.1. The molecule has 0 radical (unpaired) electrons. The number of carbonyl (C=O) groups is 1. The van der Waals surface area contributed by atoms with Crippen molar-refractivity contribution >= 4 is 22.2 Å². The van der Waals surface area contributed by atoms with E-state index in [1.54, 1.807) is 25.6 Å². The molecule has 2 atom stereocenters. The van der Waals surface area contributed by atoms with Gasteiger partial charge in [0.1, 0.15) is 29.2 Å². The van der Waals surface area contributed by atoms with Gasteiger partial charge in [-0.2, -0.15) is 0 Å². The van der Waals surface area contributed by atoms with Crippen LogP contribution in [0.3, 0.4) is 0 Å². The van der Waals surface area contributed by atoms with Gasteiger partial charge >= 0.3 is 0 Å². The van der Waals surface area contributed by atoms with Crippen molar-refractivity contribution in [3.8, 4) is 11.5 Å². The lowest BCUT2D eigenvalue weighted by Gasteiger charge is -2.28. The Kier molecular flexibility index (Phi) is 4.05. The number of ether oxygens (including phenoxy) is 2. The van der Waals surface area contributed by atoms with Crippen LogP contribution in [0.25, 0.3) is 0 Å². The second-order valence-electron chi connectivity index (χ2n) is 6.50. The van der Waals surface area contributed by atoms with Crippen LogP contribution in [0.4, 0.5) is 5.00 Å². The van der Waals surface area contributed by atoms with Gasteiger partial charge in [-0.15, -0.1) is 11.3 Å². The summed E-state index contributed by atoms with van der Waals surface area (Å²) in [5.74, 6) is 1.43. The Bertz CT molecular complexity index is 833. The Morgan fingerprint density at radius 3 is 2.84 bits per heavy atom. The van der Waals surface area contributed by atoms with Crippen molar-refractivity contribution in [2.75, 3.05) is 33.1 Å². The van der Waals surface area contributed by atoms with Gasteiger partial charge in [0.05, 0.1) is 38.3 Å². The number of rotatable bonds is 3. The van der Waals surface area contributed by atoms with Crippen molar-refractivity contribution < 1.29 is 19.2 Å². The quantitative estimate of drug-likeness (QED) is 0.769. The van der Waals surface area contributed by atoms with Crippen LogP contribution in [0, 0.1) is 0 Å². The van der Waals surface area contributed by atoms with Crippen molar-refractivity contribution in [3.05, 3.63) is 39.8 Å². The zero-order valence-electron chi connectivity index (χ0n) is 14.6. The maximum Gasteiger partial charge on any atom is 0.256 e. The molecular formula is C18H22N3O3S+. The molecule has 0 saturated carbocycles. The minimum absolute atomic E-state index is 0.0133. The van der Waals surface area contributed by atoms with Crippen LogP contribution in [-0.2, 0) is 13.0 Å². The molecule has 0 bridgehead atoms. The van der Waals surface area contributed by atoms with Gasteiger partial charge in [0.25, 0.3) is 5.91 Å². The summed E-state index contributed by atoms with van der Waals surface area (Å²) in [6.45, 7) is 2.05. The Labute approximate surface area is 150 Å². The predicted molar refractivity (Wildman–Crippen MR) is 96.9 cm³/mol. The number of carbonyl (C=O) groups excluding carboxylic acids is 1. The highest BCUT2D eigenvalue weighted by Crippen LogP contribution is 2.40. The van der Waals surface area contributed by atoms with Crippen LogP contribution in [0.5, 0.6) is 11.5 Å². The van der Waals surface area contributed by atoms with E-state index in [0.717, 1.165) is 41.4 Å². The molecule has 6 nitrogen and oxygen atoms in total. The van der Waals surface area contributed by atoms with E-state index >= 15 is 0 Å². The monoisotopic (exact) mass is 360 g/mol. The first kappa shape index (κ1) is 16.2. The molecule has 0 aliphatic carbocycles. The average molecular weight is 360 g/mol. The number of amides is 1. The molecule has 7 heteroatoms. The van der Waals surface area contributed by atoms with Crippen LogP contribution < -0.4 is 25.0 Å². The maximum atomic E-state index is 12.8. The number of benzene rings is 1. The molecule has 4 rings (SSSR count). The van der Waals surface area contributed by atoms with Crippen LogP contribution in [0.15, 0.2) is 18.2 Å². The minimum atomic E-state index is -0.338. The Morgan fingerprint density at radius 2 is 2.08 bits per heavy atom. The molecule has 0 saturated heterocycles. The molecule has 1 aromatic carbocycles. The standard InChI is InChI=1S/C18H21N3O3S/c1-21-7-6-11-14(9-21)25-18-15(11)17(22)19-16(20-18)12-8-10(23-2)4-5-13(12)24-3/h4-5,8,16,20H,6-7,9H2,1-3H3,(H,19,22)/p+1/t16-/m0/s1. The fourth-order valence-corrected chi connectivity index (χ4v) is 4.94. The van der Waals surface area contributed by atoms with Crippen molar-refractivity contribution in [1.29, 1.82) is 0 Å². The second-order valence-corrected chi connectivity index (χ2v) is 7.61. The normalized spacial score (nSPS) is 21.6. The average Bonchev–Trinajstić information content (AvgIpc) is 2.98. The third kappa shape index (κ3) is 2.73. The van der Waals surface area contributed by atoms with Crippen LogP contribution in [0.1, 0.15) is 32.5 Å². The molecule has 1 aromatic heterocycles. The zero-order valence-corrected chi connectivity index (χ0v) is 15.4. The maximum absolute atomic E-state index is 12.8. The SMILES string of the molecule is COc1ccc(OC)c([C@H]2NC(=O)c3c(sc4c3CC[NH+](C)C4)N2)c1. The summed E-state index contributed by atoms with van der Waals surface area (Å²) in [6, 6.07) is 5.60. The number of hydrogen-bond donors (Lipinski definition) is 3. The predicted octanol–water partition coefficient (Wildman–Crippen LogP) is 1.19. The largest absolute Gasteiger partial charge is 0.497 e. The fourth-order valence-electron chi connectivity index (χ4n) is 3.55. The number of anilines is 1. The first-order valence-electron chi connectivity index (χ1n) is 8.36. The summed E-state index contributed by atoms with van der Waals surface area (Å²) in [5.41, 5.74) is 2.90. The number of hydrogen-bond acceptors (Lipinski definition) is 5. The van der Waals surface area contributed by atoms with Crippen molar-refractivity contribution in [2.24, 2.45) is 0 Å². The summed E-state index contributed by atoms with van der Waals surface area (Å²) in [7, 11) is 5.45. The molecule has 2 aromatic rings. The van der Waals surface area contributed by atoms with Crippen LogP contribution in [-0.4, -0.2) is 33.7 Å². The molecule has 0 fully saturated rings. The third-order valence-electron chi connectivity index (χ3n) is 4.88. The van der Waals surface area contributed by atoms with Crippen LogP contribution >= 0.6 is 11.3 Å². The zero-order chi connectivity index (χ0) is 17.6. The summed E-state index contributed by atoms with van der Waals surface area (Å²) in [4.78, 5) is 15.6. The first-order valence-corrected chi connectivity index (χ1v) is 9.17. The number of thiophene rings is 1. The lowest BCUT2D eigenvalue weighted by atomic mass is 10.0. The van der Waals surface area contributed by atoms with Gasteiger partial charge in [-0.1, -0.05) is 0 Å². The Hall–Kier alpha value is -2.25. The smallest absolute Gasteiger partial charge is 0.256 e. The molecule has 0 spiro atoms. The van der Waals surface area contributed by atoms with E-state index in [-0.39, 0.29) is 12.1 Å². The highest BCUT2D eigenvalue weighted by Gasteiger charge is 2.34. The number of nitrogens with one attached hydrogen (secondary N) is 3. The van der Waals surface area contributed by atoms with Crippen LogP contribution in [0.2, 0.25) is 0 Å². The summed E-state index contributed by atoms with van der Waals surface area (Å²) < 4.78 is 10.8. The van der Waals surface area contributed by atoms with Gasteiger partial charge in [0, 0.05) is 12.0 Å². The number of likely N-dealkylation sites (N-methyl/N-ethyl adjacent to an activating group) is 1. The topological polar surface area (TPSA) is 64.0 Å². The molecule has 1 amide bonds. The number of fused-ring (bicyclic) bond motifs is 3. The van der Waals surface area contributed by atoms with Crippen molar-refractivity contribution in [3.63, 3.8) is 0 Å². The summed E-state index contributed by atoms with van der Waals surface area (Å²) in [6.07, 6.45) is 0.616. The molecule has 3 heterocycles. The summed E-state index contributed by atoms with van der Waals surface area (Å²) >= 11 is 1.70. The third-order valence-corrected chi connectivity index (χ3v) is 6.04. The van der Waals surface area contributed by atoms with E-state index in [0.29, 0.717) is 5.75 Å². The Morgan fingerprint density at radius 1 is 1.24 bits per heavy atom. The van der Waals surface area contributed by atoms with E-state index in [1.807, 2.05) is 18.2 Å². The van der Waals surface area contributed by atoms with Crippen molar-refractivity contribution in [2.45, 2.75) is 19.1 Å². The second kappa shape index (κ2) is 6.24. The fraction of sp³-hybridized carbons (Fsp3) is 0.389. The van der Waals surface area contributed by atoms with E-state index in [4.69, 9.17) is 9.47 Å². The van der Waals surface area contributed by atoms with Gasteiger partial charge in [0.15, 0.2) is 0 Å². The molecule has 2 aliphatic rings. The molecule has 132 valence electrons. The van der Waals surface area contributed by atoms with Crippen molar-refractivity contribution in [1.82, 2.24) is 5.32 Å². The molecule has 1 unspecified atom stereocenters. The van der Waals surface area contributed by atoms with Gasteiger partial charge in [-0.25, -0.2) is 0 Å². The molecule has 3 N–H and O–H groups in total. The number of quaternary nitrogens is 1. The molecular weight excluding hydrogens is 338 g/mol. The molecule has 25 heavy (non-hydrogen) atoms. The van der Waals surface area contributed by atoms with E-state index in [1.165, 1.54) is 15.3 Å².